The lowest BCUT2D eigenvalue weighted by Gasteiger charge is -2.34. The van der Waals surface area contributed by atoms with Crippen LogP contribution in [0.25, 0.3) is 0 Å². The molecule has 2 aliphatic rings. The highest BCUT2D eigenvalue weighted by atomic mass is 32.1. The normalized spacial score (nSPS) is 26.2. The minimum Gasteiger partial charge on any atom is -0.480 e. The van der Waals surface area contributed by atoms with E-state index in [-0.39, 0.29) is 23.8 Å². The molecule has 0 spiro atoms. The number of likely N-dealkylation sites (tertiary alicyclic amines) is 1. The third kappa shape index (κ3) is 4.51. The molecule has 1 aromatic rings. The third-order valence-electron chi connectivity index (χ3n) is 5.93. The van der Waals surface area contributed by atoms with Crippen LogP contribution in [0.5, 0.6) is 0 Å². The second kappa shape index (κ2) is 8.99. The molecule has 152 valence electrons. The first-order valence-electron chi connectivity index (χ1n) is 9.96. The minimum absolute atomic E-state index is 0.0298. The van der Waals surface area contributed by atoms with E-state index in [1.54, 1.807) is 6.92 Å². The lowest BCUT2D eigenvalue weighted by atomic mass is 9.84. The van der Waals surface area contributed by atoms with Crippen molar-refractivity contribution < 1.29 is 19.5 Å². The molecule has 1 aromatic carbocycles. The quantitative estimate of drug-likeness (QED) is 0.635. The van der Waals surface area contributed by atoms with Crippen LogP contribution in [0.3, 0.4) is 0 Å². The van der Waals surface area contributed by atoms with Gasteiger partial charge in [-0.05, 0) is 44.1 Å². The number of amides is 2. The van der Waals surface area contributed by atoms with Gasteiger partial charge in [-0.2, -0.15) is 12.6 Å². The Balaban J connectivity index is 1.63. The molecule has 0 bridgehead atoms. The van der Waals surface area contributed by atoms with Gasteiger partial charge in [0, 0.05) is 6.04 Å². The van der Waals surface area contributed by atoms with Gasteiger partial charge < -0.3 is 15.3 Å². The Bertz CT molecular complexity index is 726. The maximum absolute atomic E-state index is 13.1. The van der Waals surface area contributed by atoms with Gasteiger partial charge in [-0.1, -0.05) is 43.2 Å². The van der Waals surface area contributed by atoms with Crippen LogP contribution in [0.1, 0.15) is 44.6 Å². The van der Waals surface area contributed by atoms with Gasteiger partial charge in [-0.3, -0.25) is 9.59 Å². The molecule has 5 atom stereocenters. The number of carboxylic acids is 1. The molecular weight excluding hydrogens is 376 g/mol. The van der Waals surface area contributed by atoms with Crippen LogP contribution in [-0.2, 0) is 20.8 Å². The molecule has 7 heteroatoms. The van der Waals surface area contributed by atoms with Gasteiger partial charge in [0.15, 0.2) is 0 Å². The first kappa shape index (κ1) is 20.7. The van der Waals surface area contributed by atoms with E-state index >= 15 is 0 Å². The van der Waals surface area contributed by atoms with Crippen molar-refractivity contribution in [2.75, 3.05) is 0 Å². The highest BCUT2D eigenvalue weighted by Crippen LogP contribution is 2.40. The van der Waals surface area contributed by atoms with E-state index in [9.17, 15) is 19.5 Å². The molecule has 0 radical (unpaired) electrons. The Morgan fingerprint density at radius 1 is 1.21 bits per heavy atom. The predicted octanol–water partition coefficient (Wildman–Crippen LogP) is 2.28. The molecule has 1 saturated heterocycles. The van der Waals surface area contributed by atoms with E-state index in [2.05, 4.69) is 17.9 Å². The van der Waals surface area contributed by atoms with Crippen LogP contribution < -0.4 is 5.32 Å². The summed E-state index contributed by atoms with van der Waals surface area (Å²) in [5.74, 6) is -1.34. The number of aliphatic carboxylic acids is 1. The second-order valence-corrected chi connectivity index (χ2v) is 8.51. The van der Waals surface area contributed by atoms with E-state index in [4.69, 9.17) is 0 Å². The Morgan fingerprint density at radius 3 is 2.57 bits per heavy atom. The Labute approximate surface area is 171 Å². The van der Waals surface area contributed by atoms with Crippen molar-refractivity contribution in [3.8, 4) is 0 Å². The monoisotopic (exact) mass is 404 g/mol. The van der Waals surface area contributed by atoms with Crippen molar-refractivity contribution in [2.45, 2.75) is 68.8 Å². The number of carbonyl (C=O) groups is 3. The Morgan fingerprint density at radius 2 is 1.89 bits per heavy atom. The molecule has 2 unspecified atom stereocenters. The fraction of sp³-hybridized carbons (Fsp3) is 0.571. The lowest BCUT2D eigenvalue weighted by molar-refractivity contribution is -0.151. The van der Waals surface area contributed by atoms with Crippen LogP contribution in [0.4, 0.5) is 0 Å². The predicted molar refractivity (Wildman–Crippen MR) is 109 cm³/mol. The number of fused-ring (bicyclic) bond motifs is 1. The average molecular weight is 405 g/mol. The van der Waals surface area contributed by atoms with E-state index in [0.717, 1.165) is 31.2 Å². The van der Waals surface area contributed by atoms with Crippen LogP contribution >= 0.6 is 12.6 Å². The van der Waals surface area contributed by atoms with Crippen molar-refractivity contribution in [1.82, 2.24) is 10.2 Å². The zero-order chi connectivity index (χ0) is 20.3. The number of carbonyl (C=O) groups excluding carboxylic acids is 2. The fourth-order valence-electron chi connectivity index (χ4n) is 4.52. The first-order valence-corrected chi connectivity index (χ1v) is 10.5. The Hall–Kier alpha value is -2.02. The molecule has 0 aromatic heterocycles. The smallest absolute Gasteiger partial charge is 0.326 e. The number of nitrogens with zero attached hydrogens (tertiary/aromatic N) is 1. The number of rotatable bonds is 6. The molecule has 1 heterocycles. The topological polar surface area (TPSA) is 86.7 Å². The minimum atomic E-state index is -0.961. The average Bonchev–Trinajstić information content (AvgIpc) is 3.08. The molecule has 6 nitrogen and oxygen atoms in total. The van der Waals surface area contributed by atoms with Crippen molar-refractivity contribution in [1.29, 1.82) is 0 Å². The van der Waals surface area contributed by atoms with Crippen molar-refractivity contribution in [3.05, 3.63) is 35.9 Å². The van der Waals surface area contributed by atoms with Crippen molar-refractivity contribution in [2.24, 2.45) is 5.92 Å². The van der Waals surface area contributed by atoms with E-state index in [0.29, 0.717) is 12.8 Å². The summed E-state index contributed by atoms with van der Waals surface area (Å²) in [7, 11) is 0. The fourth-order valence-corrected chi connectivity index (χ4v) is 4.81. The number of hydrogen-bond donors (Lipinski definition) is 3. The summed E-state index contributed by atoms with van der Waals surface area (Å²) in [6.07, 6.45) is 4.87. The SMILES string of the molecule is C[C@H](NC(=O)[C@@H](S)Cc1ccccc1)C(=O)N1C2CCCCC2C[C@H]1C(=O)O. The number of hydrogen-bond acceptors (Lipinski definition) is 4. The van der Waals surface area contributed by atoms with Crippen LogP contribution in [0, 0.1) is 5.92 Å². The van der Waals surface area contributed by atoms with Gasteiger partial charge >= 0.3 is 5.97 Å². The van der Waals surface area contributed by atoms with Gasteiger partial charge in [0.05, 0.1) is 5.25 Å². The second-order valence-electron chi connectivity index (χ2n) is 7.88. The highest BCUT2D eigenvalue weighted by Gasteiger charge is 2.48. The van der Waals surface area contributed by atoms with E-state index in [1.807, 2.05) is 30.3 Å². The molecule has 1 aliphatic heterocycles. The summed E-state index contributed by atoms with van der Waals surface area (Å²) in [6.45, 7) is 1.62. The summed E-state index contributed by atoms with van der Waals surface area (Å²) in [6, 6.07) is 7.96. The highest BCUT2D eigenvalue weighted by molar-refractivity contribution is 7.81. The van der Waals surface area contributed by atoms with Gasteiger partial charge in [0.1, 0.15) is 12.1 Å². The summed E-state index contributed by atoms with van der Waals surface area (Å²) in [4.78, 5) is 38.8. The standard InChI is InChI=1S/C21H28N2O4S/c1-13(22-19(24)18(28)11-14-7-3-2-4-8-14)20(25)23-16-10-6-5-9-15(16)12-17(23)21(26)27/h2-4,7-8,13,15-18,28H,5-6,9-12H2,1H3,(H,22,24)(H,26,27)/t13-,15?,16?,17-,18-/m0/s1. The third-order valence-corrected chi connectivity index (χ3v) is 6.35. The summed E-state index contributed by atoms with van der Waals surface area (Å²) in [5.41, 5.74) is 0.993. The van der Waals surface area contributed by atoms with Crippen LogP contribution in [0.15, 0.2) is 30.3 Å². The van der Waals surface area contributed by atoms with Crippen molar-refractivity contribution in [3.63, 3.8) is 0 Å². The van der Waals surface area contributed by atoms with Crippen LogP contribution in [-0.4, -0.2) is 51.2 Å². The van der Waals surface area contributed by atoms with E-state index in [1.165, 1.54) is 4.90 Å². The maximum Gasteiger partial charge on any atom is 0.326 e. The molecule has 2 fully saturated rings. The largest absolute Gasteiger partial charge is 0.480 e. The van der Waals surface area contributed by atoms with Gasteiger partial charge in [0.25, 0.3) is 0 Å². The molecule has 3 rings (SSSR count). The zero-order valence-corrected chi connectivity index (χ0v) is 17.0. The van der Waals surface area contributed by atoms with Crippen LogP contribution in [0.2, 0.25) is 0 Å². The lowest BCUT2D eigenvalue weighted by Crippen LogP contribution is -2.54. The summed E-state index contributed by atoms with van der Waals surface area (Å²) < 4.78 is 0. The van der Waals surface area contributed by atoms with Gasteiger partial charge in [-0.25, -0.2) is 4.79 Å². The summed E-state index contributed by atoms with van der Waals surface area (Å²) in [5, 5.41) is 11.8. The van der Waals surface area contributed by atoms with E-state index < -0.39 is 23.3 Å². The Kier molecular flexibility index (Phi) is 6.65. The number of benzene rings is 1. The molecule has 1 saturated carbocycles. The molecular formula is C21H28N2O4S. The van der Waals surface area contributed by atoms with Gasteiger partial charge in [0.2, 0.25) is 11.8 Å². The first-order chi connectivity index (χ1) is 13.4. The summed E-state index contributed by atoms with van der Waals surface area (Å²) >= 11 is 4.38. The number of carboxylic acid groups (broad SMARTS) is 1. The number of nitrogens with one attached hydrogen (secondary N) is 1. The molecule has 28 heavy (non-hydrogen) atoms. The molecule has 2 N–H and O–H groups in total. The molecule has 1 aliphatic carbocycles. The van der Waals surface area contributed by atoms with Crippen molar-refractivity contribution >= 4 is 30.4 Å². The zero-order valence-electron chi connectivity index (χ0n) is 16.1. The van der Waals surface area contributed by atoms with Gasteiger partial charge in [-0.15, -0.1) is 0 Å². The number of thiol groups is 1. The molecule has 2 amide bonds. The maximum atomic E-state index is 13.1.